The van der Waals surface area contributed by atoms with Crippen molar-refractivity contribution in [2.24, 2.45) is 0 Å². The van der Waals surface area contributed by atoms with Crippen LogP contribution in [0.15, 0.2) is 18.2 Å². The van der Waals surface area contributed by atoms with E-state index in [2.05, 4.69) is 0 Å². The highest BCUT2D eigenvalue weighted by Crippen LogP contribution is 2.20. The van der Waals surface area contributed by atoms with E-state index in [1.165, 1.54) is 6.07 Å². The van der Waals surface area contributed by atoms with Crippen molar-refractivity contribution < 1.29 is 8.42 Å². The van der Waals surface area contributed by atoms with Crippen LogP contribution in [0.1, 0.15) is 24.5 Å². The lowest BCUT2D eigenvalue weighted by atomic mass is 10.2. The van der Waals surface area contributed by atoms with Gasteiger partial charge < -0.3 is 0 Å². The van der Waals surface area contributed by atoms with E-state index in [4.69, 9.17) is 16.9 Å². The normalized spacial score (nSPS) is 11.1. The number of hydrogen-bond donors (Lipinski definition) is 0. The van der Waals surface area contributed by atoms with Crippen molar-refractivity contribution in [2.75, 3.05) is 5.75 Å². The first-order chi connectivity index (χ1) is 7.48. The summed E-state index contributed by atoms with van der Waals surface area (Å²) in [6.07, 6.45) is 0.593. The molecule has 0 aliphatic carbocycles. The van der Waals surface area contributed by atoms with Gasteiger partial charge in [0.2, 0.25) is 0 Å². The van der Waals surface area contributed by atoms with E-state index < -0.39 is 9.84 Å². The highest BCUT2D eigenvalue weighted by molar-refractivity contribution is 7.90. The molecule has 0 radical (unpaired) electrons. The molecule has 0 spiro atoms. The van der Waals surface area contributed by atoms with Gasteiger partial charge in [0.1, 0.15) is 0 Å². The molecule has 3 nitrogen and oxygen atoms in total. The Morgan fingerprint density at radius 2 is 2.12 bits per heavy atom. The molecule has 0 aliphatic rings. The number of sulfone groups is 1. The molecule has 0 N–H and O–H groups in total. The molecule has 1 aromatic carbocycles. The lowest BCUT2D eigenvalue weighted by Crippen LogP contribution is -2.08. The molecule has 86 valence electrons. The summed E-state index contributed by atoms with van der Waals surface area (Å²) in [7, 11) is -3.09. The van der Waals surface area contributed by atoms with Crippen LogP contribution in [0, 0.1) is 11.3 Å². The van der Waals surface area contributed by atoms with Crippen molar-refractivity contribution in [1.82, 2.24) is 0 Å². The van der Waals surface area contributed by atoms with Crippen LogP contribution in [0.25, 0.3) is 0 Å². The Morgan fingerprint density at radius 3 is 2.62 bits per heavy atom. The number of hydrogen-bond acceptors (Lipinski definition) is 3. The Kier molecular flexibility index (Phi) is 4.34. The number of halogens is 1. The van der Waals surface area contributed by atoms with Crippen LogP contribution < -0.4 is 0 Å². The molecule has 0 aliphatic heterocycles. The third-order valence-corrected chi connectivity index (χ3v) is 4.21. The van der Waals surface area contributed by atoms with Crippen molar-refractivity contribution in [1.29, 1.82) is 5.26 Å². The largest absolute Gasteiger partial charge is 0.228 e. The summed E-state index contributed by atoms with van der Waals surface area (Å²) in [6, 6.07) is 6.60. The first kappa shape index (κ1) is 13.0. The van der Waals surface area contributed by atoms with Crippen LogP contribution in [0.2, 0.25) is 5.02 Å². The molecule has 1 rings (SSSR count). The highest BCUT2D eigenvalue weighted by atomic mass is 35.5. The summed E-state index contributed by atoms with van der Waals surface area (Å²) in [5.41, 5.74) is 0.982. The van der Waals surface area contributed by atoms with Crippen molar-refractivity contribution >= 4 is 21.4 Å². The van der Waals surface area contributed by atoms with Gasteiger partial charge in [0.15, 0.2) is 9.84 Å². The van der Waals surface area contributed by atoms with Crippen LogP contribution in [0.3, 0.4) is 0 Å². The number of nitrogens with zero attached hydrogens (tertiary/aromatic N) is 1. The Bertz CT molecular complexity index is 517. The van der Waals surface area contributed by atoms with Gasteiger partial charge in [-0.15, -0.1) is 0 Å². The minimum atomic E-state index is -3.09. The fourth-order valence-corrected chi connectivity index (χ4v) is 3.17. The molecule has 0 unspecified atom stereocenters. The zero-order valence-electron chi connectivity index (χ0n) is 8.90. The summed E-state index contributed by atoms with van der Waals surface area (Å²) in [4.78, 5) is 0. The van der Waals surface area contributed by atoms with Gasteiger partial charge in [-0.25, -0.2) is 8.42 Å². The first-order valence-electron chi connectivity index (χ1n) is 4.87. The molecule has 0 atom stereocenters. The van der Waals surface area contributed by atoms with Crippen LogP contribution in [-0.4, -0.2) is 14.2 Å². The predicted octanol–water partition coefficient (Wildman–Crippen LogP) is 2.54. The maximum atomic E-state index is 11.6. The van der Waals surface area contributed by atoms with E-state index in [0.29, 0.717) is 22.6 Å². The summed E-state index contributed by atoms with van der Waals surface area (Å²) in [6.45, 7) is 1.82. The maximum absolute atomic E-state index is 11.6. The van der Waals surface area contributed by atoms with Gasteiger partial charge in [0.05, 0.1) is 23.1 Å². The topological polar surface area (TPSA) is 57.9 Å². The first-order valence-corrected chi connectivity index (χ1v) is 7.07. The average molecular weight is 258 g/mol. The van der Waals surface area contributed by atoms with Gasteiger partial charge in [0.25, 0.3) is 0 Å². The monoisotopic (exact) mass is 257 g/mol. The van der Waals surface area contributed by atoms with Crippen molar-refractivity contribution in [2.45, 2.75) is 19.1 Å². The van der Waals surface area contributed by atoms with E-state index in [9.17, 15) is 8.42 Å². The second-order valence-electron chi connectivity index (χ2n) is 3.51. The average Bonchev–Trinajstić information content (AvgIpc) is 2.20. The van der Waals surface area contributed by atoms with Crippen molar-refractivity contribution in [3.05, 3.63) is 34.3 Å². The van der Waals surface area contributed by atoms with E-state index in [1.54, 1.807) is 12.1 Å². The van der Waals surface area contributed by atoms with Crippen molar-refractivity contribution in [3.8, 4) is 6.07 Å². The Labute approximate surface area is 101 Å². The van der Waals surface area contributed by atoms with E-state index in [-0.39, 0.29) is 11.5 Å². The molecule has 1 aromatic rings. The van der Waals surface area contributed by atoms with Gasteiger partial charge in [-0.3, -0.25) is 0 Å². The van der Waals surface area contributed by atoms with E-state index in [0.717, 1.165) is 0 Å². The second kappa shape index (κ2) is 5.33. The quantitative estimate of drug-likeness (QED) is 0.833. The Hall–Kier alpha value is -1.05. The fourth-order valence-electron chi connectivity index (χ4n) is 1.35. The number of rotatable bonds is 4. The minimum Gasteiger partial charge on any atom is -0.228 e. The Morgan fingerprint density at radius 1 is 1.44 bits per heavy atom. The third kappa shape index (κ3) is 3.51. The smallest absolute Gasteiger partial charge is 0.154 e. The van der Waals surface area contributed by atoms with Crippen LogP contribution >= 0.6 is 11.6 Å². The fraction of sp³-hybridized carbons (Fsp3) is 0.364. The second-order valence-corrected chi connectivity index (χ2v) is 6.10. The molecular weight excluding hydrogens is 246 g/mol. The zero-order valence-corrected chi connectivity index (χ0v) is 10.5. The highest BCUT2D eigenvalue weighted by Gasteiger charge is 2.13. The minimum absolute atomic E-state index is 0.0641. The number of nitriles is 1. The molecule has 0 saturated heterocycles. The standard InChI is InChI=1S/C11H12ClNO2S/c1-2-5-16(14,15)8-10-4-3-9(7-13)6-11(10)12/h3-4,6H,2,5,8H2,1H3. The summed E-state index contributed by atoms with van der Waals surface area (Å²) in [5.74, 6) is 0.0920. The SMILES string of the molecule is CCCS(=O)(=O)Cc1ccc(C#N)cc1Cl. The Balaban J connectivity index is 2.96. The molecular formula is C11H12ClNO2S. The molecule has 0 bridgehead atoms. The van der Waals surface area contributed by atoms with Gasteiger partial charge in [-0.05, 0) is 24.1 Å². The molecule has 0 amide bonds. The molecule has 0 saturated carbocycles. The van der Waals surface area contributed by atoms with Gasteiger partial charge in [-0.2, -0.15) is 5.26 Å². The third-order valence-electron chi connectivity index (χ3n) is 2.07. The molecule has 0 aromatic heterocycles. The van der Waals surface area contributed by atoms with Gasteiger partial charge >= 0.3 is 0 Å². The van der Waals surface area contributed by atoms with Gasteiger partial charge in [-0.1, -0.05) is 24.6 Å². The molecule has 0 heterocycles. The van der Waals surface area contributed by atoms with Gasteiger partial charge in [0, 0.05) is 5.02 Å². The van der Waals surface area contributed by atoms with E-state index in [1.807, 2.05) is 13.0 Å². The number of benzene rings is 1. The van der Waals surface area contributed by atoms with E-state index >= 15 is 0 Å². The summed E-state index contributed by atoms with van der Waals surface area (Å²) in [5, 5.41) is 8.97. The molecule has 5 heteroatoms. The molecule has 16 heavy (non-hydrogen) atoms. The summed E-state index contributed by atoms with van der Waals surface area (Å²) < 4.78 is 23.2. The van der Waals surface area contributed by atoms with Crippen molar-refractivity contribution in [3.63, 3.8) is 0 Å². The lowest BCUT2D eigenvalue weighted by Gasteiger charge is -2.05. The maximum Gasteiger partial charge on any atom is 0.154 e. The van der Waals surface area contributed by atoms with Crippen LogP contribution in [-0.2, 0) is 15.6 Å². The lowest BCUT2D eigenvalue weighted by molar-refractivity contribution is 0.594. The van der Waals surface area contributed by atoms with Crippen LogP contribution in [0.5, 0.6) is 0 Å². The predicted molar refractivity (Wildman–Crippen MR) is 63.9 cm³/mol. The summed E-state index contributed by atoms with van der Waals surface area (Å²) >= 11 is 5.90. The molecule has 0 fully saturated rings. The van der Waals surface area contributed by atoms with Crippen LogP contribution in [0.4, 0.5) is 0 Å². The zero-order chi connectivity index (χ0) is 12.2.